The van der Waals surface area contributed by atoms with Gasteiger partial charge in [0.1, 0.15) is 37.9 Å². The van der Waals surface area contributed by atoms with Gasteiger partial charge in [0.25, 0.3) is 0 Å². The number of hydrogen-bond donors (Lipinski definition) is 0. The normalized spacial score (nSPS) is 23.8. The minimum Gasteiger partial charge on any atom is -0.468 e. The molecule has 5 heterocycles. The topological polar surface area (TPSA) is 69.2 Å². The van der Waals surface area contributed by atoms with Crippen molar-refractivity contribution < 1.29 is 27.7 Å². The van der Waals surface area contributed by atoms with Crippen LogP contribution in [0.15, 0.2) is 42.5 Å². The van der Waals surface area contributed by atoms with E-state index >= 15 is 4.39 Å². The van der Waals surface area contributed by atoms with E-state index in [4.69, 9.17) is 28.9 Å². The molecule has 0 unspecified atom stereocenters. The standard InChI is InChI=1S/C45H56F2N4O4Si/c1-28(2)56(29(3)4,30(5)6)19-16-31-10-8-11-32-20-36(54-27-52-7)21-39(40(31)32)37-14-15-38-42(41(37)47)48-44(49-43(38)50-24-34-12-13-35(25-50)55-34)53-26-45-17-9-18-51(45)23-33(46)22-45/h8,10-11,14-15,20-21,28-30,33-35H,9,12-13,17-18,22-27H2,1-7H3/t33-,34-,35+,45+/m1/s1. The zero-order valence-corrected chi connectivity index (χ0v) is 35.0. The molecule has 0 radical (unpaired) electrons. The molecule has 4 atom stereocenters. The molecule has 8 nitrogen and oxygen atoms in total. The molecule has 11 heteroatoms. The number of fused-ring (bicyclic) bond motifs is 5. The van der Waals surface area contributed by atoms with E-state index in [-0.39, 0.29) is 37.1 Å². The lowest BCUT2D eigenvalue weighted by Crippen LogP contribution is -2.44. The minimum atomic E-state index is -2.08. The molecule has 4 saturated heterocycles. The Balaban J connectivity index is 1.29. The van der Waals surface area contributed by atoms with Gasteiger partial charge in [0.15, 0.2) is 12.6 Å². The van der Waals surface area contributed by atoms with Crippen LogP contribution in [-0.4, -0.2) is 93.5 Å². The molecule has 4 aliphatic heterocycles. The van der Waals surface area contributed by atoms with Crippen molar-refractivity contribution in [3.63, 3.8) is 0 Å². The molecule has 3 aromatic carbocycles. The maximum Gasteiger partial charge on any atom is 0.319 e. The Morgan fingerprint density at radius 1 is 0.946 bits per heavy atom. The number of halogens is 2. The summed E-state index contributed by atoms with van der Waals surface area (Å²) < 4.78 is 56.2. The lowest BCUT2D eigenvalue weighted by molar-refractivity contribution is 0.0302. The summed E-state index contributed by atoms with van der Waals surface area (Å²) in [4.78, 5) is 14.2. The molecule has 56 heavy (non-hydrogen) atoms. The quantitative estimate of drug-likeness (QED) is 0.0848. The molecule has 0 spiro atoms. The largest absolute Gasteiger partial charge is 0.468 e. The number of ether oxygens (including phenoxy) is 4. The zero-order chi connectivity index (χ0) is 39.4. The molecule has 4 aromatic rings. The summed E-state index contributed by atoms with van der Waals surface area (Å²) in [7, 11) is -0.500. The fourth-order valence-corrected chi connectivity index (χ4v) is 15.8. The number of benzene rings is 3. The molecular formula is C45H56F2N4O4Si. The predicted octanol–water partition coefficient (Wildman–Crippen LogP) is 9.46. The fourth-order valence-electron chi connectivity index (χ4n) is 10.6. The van der Waals surface area contributed by atoms with Crippen LogP contribution < -0.4 is 14.4 Å². The smallest absolute Gasteiger partial charge is 0.319 e. The molecule has 4 aliphatic rings. The van der Waals surface area contributed by atoms with Gasteiger partial charge in [-0.1, -0.05) is 65.7 Å². The van der Waals surface area contributed by atoms with Gasteiger partial charge in [-0.3, -0.25) is 4.90 Å². The fraction of sp³-hybridized carbons (Fsp3) is 0.556. The van der Waals surface area contributed by atoms with Gasteiger partial charge in [0.05, 0.1) is 17.7 Å². The molecule has 0 aliphatic carbocycles. The molecule has 298 valence electrons. The SMILES string of the molecule is COCOc1cc(-c2ccc3c(N4C[C@H]5CC[C@@H](C4)O5)nc(OC[C@@]45CCCN4C[C@H](F)C5)nc3c2F)c2c(C#C[Si](C(C)C)(C(C)C)C(C)C)cccc2c1. The monoisotopic (exact) mass is 782 g/mol. The van der Waals surface area contributed by atoms with E-state index in [1.54, 1.807) is 7.11 Å². The van der Waals surface area contributed by atoms with Crippen molar-refractivity contribution in [2.45, 2.75) is 114 Å². The average Bonchev–Trinajstić information content (AvgIpc) is 3.82. The Bertz CT molecular complexity index is 2140. The Kier molecular flexibility index (Phi) is 10.8. The van der Waals surface area contributed by atoms with Gasteiger partial charge < -0.3 is 23.8 Å². The second-order valence-corrected chi connectivity index (χ2v) is 23.0. The molecule has 8 rings (SSSR count). The van der Waals surface area contributed by atoms with Crippen LogP contribution in [0.25, 0.3) is 32.8 Å². The predicted molar refractivity (Wildman–Crippen MR) is 222 cm³/mol. The lowest BCUT2D eigenvalue weighted by atomic mass is 9.93. The summed E-state index contributed by atoms with van der Waals surface area (Å²) in [5.74, 6) is 4.40. The van der Waals surface area contributed by atoms with E-state index in [1.807, 2.05) is 42.5 Å². The third-order valence-corrected chi connectivity index (χ3v) is 19.5. The Morgan fingerprint density at radius 2 is 1.70 bits per heavy atom. The number of aromatic nitrogens is 2. The zero-order valence-electron chi connectivity index (χ0n) is 34.0. The van der Waals surface area contributed by atoms with Crippen molar-refractivity contribution in [3.05, 3.63) is 53.8 Å². The van der Waals surface area contributed by atoms with Crippen LogP contribution in [0, 0.1) is 17.3 Å². The second kappa shape index (κ2) is 15.5. The first-order chi connectivity index (χ1) is 26.9. The number of hydrogen-bond acceptors (Lipinski definition) is 8. The number of nitrogens with zero attached hydrogens (tertiary/aromatic N) is 4. The molecule has 0 saturated carbocycles. The van der Waals surface area contributed by atoms with Crippen molar-refractivity contribution in [2.75, 3.05) is 51.6 Å². The van der Waals surface area contributed by atoms with E-state index in [0.29, 0.717) is 70.8 Å². The number of anilines is 1. The summed E-state index contributed by atoms with van der Waals surface area (Å²) in [5, 5.41) is 2.37. The molecule has 1 aromatic heterocycles. The summed E-state index contributed by atoms with van der Waals surface area (Å²) in [5.41, 5.74) is 6.98. The lowest BCUT2D eigenvalue weighted by Gasteiger charge is -2.38. The molecule has 0 amide bonds. The van der Waals surface area contributed by atoms with Crippen LogP contribution in [0.2, 0.25) is 16.6 Å². The second-order valence-electron chi connectivity index (χ2n) is 17.5. The number of morpholine rings is 1. The minimum absolute atomic E-state index is 0.0524. The van der Waals surface area contributed by atoms with Crippen molar-refractivity contribution in [2.24, 2.45) is 0 Å². The van der Waals surface area contributed by atoms with E-state index in [2.05, 4.69) is 62.8 Å². The number of rotatable bonds is 11. The van der Waals surface area contributed by atoms with Crippen molar-refractivity contribution in [1.82, 2.24) is 14.9 Å². The van der Waals surface area contributed by atoms with Crippen molar-refractivity contribution >= 4 is 35.6 Å². The van der Waals surface area contributed by atoms with Crippen LogP contribution in [0.1, 0.15) is 79.2 Å². The average molecular weight is 783 g/mol. The maximum absolute atomic E-state index is 17.6. The highest BCUT2D eigenvalue weighted by Crippen LogP contribution is 2.44. The first-order valence-electron chi connectivity index (χ1n) is 20.6. The van der Waals surface area contributed by atoms with Crippen LogP contribution >= 0.6 is 0 Å². The van der Waals surface area contributed by atoms with Crippen LogP contribution in [0.4, 0.5) is 14.6 Å². The summed E-state index contributed by atoms with van der Waals surface area (Å²) in [6, 6.07) is 13.8. The number of methoxy groups -OCH3 is 1. The summed E-state index contributed by atoms with van der Waals surface area (Å²) in [6.45, 7) is 16.8. The van der Waals surface area contributed by atoms with E-state index in [9.17, 15) is 4.39 Å². The van der Waals surface area contributed by atoms with Crippen LogP contribution in [-0.2, 0) is 9.47 Å². The first kappa shape index (κ1) is 39.0. The van der Waals surface area contributed by atoms with Crippen molar-refractivity contribution in [1.29, 1.82) is 0 Å². The molecule has 4 fully saturated rings. The molecular weight excluding hydrogens is 727 g/mol. The van der Waals surface area contributed by atoms with Gasteiger partial charge in [-0.15, -0.1) is 5.54 Å². The van der Waals surface area contributed by atoms with Gasteiger partial charge in [-0.2, -0.15) is 9.97 Å². The van der Waals surface area contributed by atoms with Gasteiger partial charge in [0, 0.05) is 55.1 Å². The van der Waals surface area contributed by atoms with Gasteiger partial charge in [-0.25, -0.2) is 8.78 Å². The Hall–Kier alpha value is -3.82. The van der Waals surface area contributed by atoms with Gasteiger partial charge in [0.2, 0.25) is 0 Å². The van der Waals surface area contributed by atoms with Crippen molar-refractivity contribution in [3.8, 4) is 34.4 Å². The number of alkyl halides is 1. The van der Waals surface area contributed by atoms with E-state index in [0.717, 1.165) is 48.6 Å². The highest BCUT2D eigenvalue weighted by Gasteiger charge is 2.49. The summed E-state index contributed by atoms with van der Waals surface area (Å²) >= 11 is 0. The Labute approximate surface area is 331 Å². The summed E-state index contributed by atoms with van der Waals surface area (Å²) in [6.07, 6.45) is 3.57. The van der Waals surface area contributed by atoms with Crippen LogP contribution in [0.5, 0.6) is 11.8 Å². The first-order valence-corrected chi connectivity index (χ1v) is 22.8. The third kappa shape index (κ3) is 6.95. The van der Waals surface area contributed by atoms with E-state index < -0.39 is 25.6 Å². The molecule has 2 bridgehead atoms. The van der Waals surface area contributed by atoms with E-state index in [1.165, 1.54) is 0 Å². The highest BCUT2D eigenvalue weighted by molar-refractivity contribution is 6.90. The highest BCUT2D eigenvalue weighted by atomic mass is 28.3. The van der Waals surface area contributed by atoms with Crippen LogP contribution in [0.3, 0.4) is 0 Å². The van der Waals surface area contributed by atoms with Gasteiger partial charge in [-0.05, 0) is 84.1 Å². The van der Waals surface area contributed by atoms with Gasteiger partial charge >= 0.3 is 6.01 Å². The third-order valence-electron chi connectivity index (χ3n) is 13.2. The maximum atomic E-state index is 17.6. The molecule has 0 N–H and O–H groups in total. The Morgan fingerprint density at radius 3 is 2.41 bits per heavy atom.